The largest absolute Gasteiger partial charge is 0.378 e. The van der Waals surface area contributed by atoms with E-state index in [0.717, 1.165) is 23.7 Å². The van der Waals surface area contributed by atoms with Crippen molar-refractivity contribution in [3.63, 3.8) is 0 Å². The van der Waals surface area contributed by atoms with E-state index < -0.39 is 0 Å². The Morgan fingerprint density at radius 2 is 2.00 bits per heavy atom. The third-order valence-corrected chi connectivity index (χ3v) is 3.04. The second kappa shape index (κ2) is 7.44. The van der Waals surface area contributed by atoms with E-state index in [1.165, 1.54) is 7.11 Å². The van der Waals surface area contributed by atoms with Crippen molar-refractivity contribution in [3.8, 4) is 0 Å². The number of nitrogens with zero attached hydrogens (tertiary/aromatic N) is 2. The number of imidazole rings is 1. The first-order valence-electron chi connectivity index (χ1n) is 6.85. The van der Waals surface area contributed by atoms with Gasteiger partial charge in [-0.05, 0) is 31.2 Å². The van der Waals surface area contributed by atoms with Crippen molar-refractivity contribution < 1.29 is 9.53 Å². The van der Waals surface area contributed by atoms with Crippen LogP contribution in [0.1, 0.15) is 12.7 Å². The van der Waals surface area contributed by atoms with Gasteiger partial charge in [0.05, 0.1) is 6.54 Å². The SMILES string of the molecule is CCn1ccnc1CNc1ccc(NC(=O)COC)cc1. The molecule has 1 heterocycles. The average Bonchev–Trinajstić information content (AvgIpc) is 2.94. The van der Waals surface area contributed by atoms with E-state index in [-0.39, 0.29) is 12.5 Å². The minimum Gasteiger partial charge on any atom is -0.378 e. The zero-order valence-corrected chi connectivity index (χ0v) is 12.3. The summed E-state index contributed by atoms with van der Waals surface area (Å²) in [7, 11) is 1.49. The fourth-order valence-corrected chi connectivity index (χ4v) is 1.98. The molecule has 0 unspecified atom stereocenters. The van der Waals surface area contributed by atoms with Crippen molar-refractivity contribution in [1.29, 1.82) is 0 Å². The van der Waals surface area contributed by atoms with Crippen LogP contribution in [0.5, 0.6) is 0 Å². The van der Waals surface area contributed by atoms with Crippen LogP contribution in [0.25, 0.3) is 0 Å². The summed E-state index contributed by atoms with van der Waals surface area (Å²) in [5.74, 6) is 0.832. The number of ether oxygens (including phenoxy) is 1. The summed E-state index contributed by atoms with van der Waals surface area (Å²) in [5.41, 5.74) is 1.73. The van der Waals surface area contributed by atoms with Crippen molar-refractivity contribution in [1.82, 2.24) is 9.55 Å². The summed E-state index contributed by atoms with van der Waals surface area (Å²) in [5, 5.41) is 6.06. The number of hydrogen-bond donors (Lipinski definition) is 2. The first-order chi connectivity index (χ1) is 10.2. The van der Waals surface area contributed by atoms with Gasteiger partial charge in [0.1, 0.15) is 12.4 Å². The van der Waals surface area contributed by atoms with Crippen LogP contribution in [0.3, 0.4) is 0 Å². The molecule has 2 rings (SSSR count). The minimum atomic E-state index is -0.164. The smallest absolute Gasteiger partial charge is 0.250 e. The molecule has 0 fully saturated rings. The highest BCUT2D eigenvalue weighted by Crippen LogP contribution is 2.14. The number of benzene rings is 1. The quantitative estimate of drug-likeness (QED) is 0.818. The first kappa shape index (κ1) is 15.1. The van der Waals surface area contributed by atoms with Gasteiger partial charge in [-0.3, -0.25) is 4.79 Å². The molecule has 0 radical (unpaired) electrons. The highest BCUT2D eigenvalue weighted by atomic mass is 16.5. The molecule has 1 aromatic carbocycles. The summed E-state index contributed by atoms with van der Waals surface area (Å²) < 4.78 is 6.86. The van der Waals surface area contributed by atoms with Crippen LogP contribution in [0.15, 0.2) is 36.7 Å². The Kier molecular flexibility index (Phi) is 5.34. The van der Waals surface area contributed by atoms with Crippen molar-refractivity contribution in [2.45, 2.75) is 20.0 Å². The van der Waals surface area contributed by atoms with E-state index in [4.69, 9.17) is 4.74 Å². The summed E-state index contributed by atoms with van der Waals surface area (Å²) in [6.07, 6.45) is 3.76. The lowest BCUT2D eigenvalue weighted by molar-refractivity contribution is -0.119. The second-order valence-electron chi connectivity index (χ2n) is 4.54. The molecule has 0 spiro atoms. The van der Waals surface area contributed by atoms with Crippen LogP contribution < -0.4 is 10.6 Å². The zero-order valence-electron chi connectivity index (χ0n) is 12.3. The number of aryl methyl sites for hydroxylation is 1. The van der Waals surface area contributed by atoms with Crippen LogP contribution >= 0.6 is 0 Å². The normalized spacial score (nSPS) is 10.4. The predicted octanol–water partition coefficient (Wildman–Crippen LogP) is 2.10. The molecule has 112 valence electrons. The molecule has 0 aliphatic heterocycles. The molecular weight excluding hydrogens is 268 g/mol. The molecule has 2 aromatic rings. The standard InChI is InChI=1S/C15H20N4O2/c1-3-19-9-8-16-14(19)10-17-12-4-6-13(7-5-12)18-15(20)11-21-2/h4-9,17H,3,10-11H2,1-2H3,(H,18,20). The Hall–Kier alpha value is -2.34. The molecule has 0 bridgehead atoms. The number of amides is 1. The van der Waals surface area contributed by atoms with Gasteiger partial charge in [0, 0.05) is 37.4 Å². The fourth-order valence-electron chi connectivity index (χ4n) is 1.98. The Balaban J connectivity index is 1.89. The lowest BCUT2D eigenvalue weighted by Crippen LogP contribution is -2.17. The number of hydrogen-bond acceptors (Lipinski definition) is 4. The van der Waals surface area contributed by atoms with E-state index in [1.807, 2.05) is 30.5 Å². The van der Waals surface area contributed by atoms with Gasteiger partial charge in [0.25, 0.3) is 0 Å². The molecular formula is C15H20N4O2. The molecule has 1 aromatic heterocycles. The molecule has 6 heteroatoms. The van der Waals surface area contributed by atoms with E-state index in [2.05, 4.69) is 27.1 Å². The fraction of sp³-hybridized carbons (Fsp3) is 0.333. The van der Waals surface area contributed by atoms with Crippen molar-refractivity contribution in [2.75, 3.05) is 24.4 Å². The molecule has 0 aliphatic carbocycles. The lowest BCUT2D eigenvalue weighted by atomic mass is 10.2. The number of methoxy groups -OCH3 is 1. The van der Waals surface area contributed by atoms with Gasteiger partial charge >= 0.3 is 0 Å². The van der Waals surface area contributed by atoms with E-state index in [0.29, 0.717) is 6.54 Å². The Morgan fingerprint density at radius 3 is 2.67 bits per heavy atom. The third kappa shape index (κ3) is 4.32. The molecule has 1 amide bonds. The van der Waals surface area contributed by atoms with Gasteiger partial charge in [-0.15, -0.1) is 0 Å². The number of carbonyl (C=O) groups excluding carboxylic acids is 1. The van der Waals surface area contributed by atoms with Gasteiger partial charge in [0.15, 0.2) is 0 Å². The molecule has 0 atom stereocenters. The average molecular weight is 288 g/mol. The van der Waals surface area contributed by atoms with Crippen LogP contribution in [0, 0.1) is 0 Å². The van der Waals surface area contributed by atoms with Crippen LogP contribution in [-0.2, 0) is 22.6 Å². The maximum atomic E-state index is 11.4. The van der Waals surface area contributed by atoms with Crippen LogP contribution in [0.2, 0.25) is 0 Å². The monoisotopic (exact) mass is 288 g/mol. The summed E-state index contributed by atoms with van der Waals surface area (Å²) in [6.45, 7) is 3.71. The van der Waals surface area contributed by atoms with Gasteiger partial charge in [-0.25, -0.2) is 4.98 Å². The molecule has 0 saturated carbocycles. The van der Waals surface area contributed by atoms with E-state index >= 15 is 0 Å². The molecule has 0 saturated heterocycles. The van der Waals surface area contributed by atoms with Gasteiger partial charge < -0.3 is 19.9 Å². The van der Waals surface area contributed by atoms with Crippen molar-refractivity contribution in [2.24, 2.45) is 0 Å². The topological polar surface area (TPSA) is 68.2 Å². The Morgan fingerprint density at radius 1 is 1.29 bits per heavy atom. The number of rotatable bonds is 7. The van der Waals surface area contributed by atoms with Gasteiger partial charge in [0.2, 0.25) is 5.91 Å². The van der Waals surface area contributed by atoms with E-state index in [1.54, 1.807) is 6.20 Å². The third-order valence-electron chi connectivity index (χ3n) is 3.04. The molecule has 2 N–H and O–H groups in total. The van der Waals surface area contributed by atoms with E-state index in [9.17, 15) is 4.79 Å². The van der Waals surface area contributed by atoms with Gasteiger partial charge in [-0.1, -0.05) is 0 Å². The minimum absolute atomic E-state index is 0.0552. The van der Waals surface area contributed by atoms with Gasteiger partial charge in [-0.2, -0.15) is 0 Å². The molecule has 21 heavy (non-hydrogen) atoms. The predicted molar refractivity (Wildman–Crippen MR) is 82.2 cm³/mol. The highest BCUT2D eigenvalue weighted by Gasteiger charge is 2.03. The lowest BCUT2D eigenvalue weighted by Gasteiger charge is -2.09. The van der Waals surface area contributed by atoms with Crippen LogP contribution in [0.4, 0.5) is 11.4 Å². The summed E-state index contributed by atoms with van der Waals surface area (Å²) in [6, 6.07) is 7.54. The molecule has 0 aliphatic rings. The Labute approximate surface area is 124 Å². The van der Waals surface area contributed by atoms with Crippen LogP contribution in [-0.4, -0.2) is 29.2 Å². The first-order valence-corrected chi connectivity index (χ1v) is 6.85. The van der Waals surface area contributed by atoms with Crippen molar-refractivity contribution >= 4 is 17.3 Å². The second-order valence-corrected chi connectivity index (χ2v) is 4.54. The number of aromatic nitrogens is 2. The summed E-state index contributed by atoms with van der Waals surface area (Å²) >= 11 is 0. The number of nitrogens with one attached hydrogen (secondary N) is 2. The number of anilines is 2. The molecule has 6 nitrogen and oxygen atoms in total. The Bertz CT molecular complexity index is 578. The van der Waals surface area contributed by atoms with Crippen molar-refractivity contribution in [3.05, 3.63) is 42.5 Å². The maximum Gasteiger partial charge on any atom is 0.250 e. The maximum absolute atomic E-state index is 11.4. The number of carbonyl (C=O) groups is 1. The zero-order chi connectivity index (χ0) is 15.1. The highest BCUT2D eigenvalue weighted by molar-refractivity contribution is 5.91. The summed E-state index contributed by atoms with van der Waals surface area (Å²) in [4.78, 5) is 15.7.